The zero-order valence-corrected chi connectivity index (χ0v) is 17.7. The number of hydrogen-bond acceptors (Lipinski definition) is 6. The summed E-state index contributed by atoms with van der Waals surface area (Å²) in [4.78, 5) is 23.5. The van der Waals surface area contributed by atoms with Gasteiger partial charge in [-0.1, -0.05) is 30.3 Å². The lowest BCUT2D eigenvalue weighted by molar-refractivity contribution is -0.134. The van der Waals surface area contributed by atoms with Gasteiger partial charge in [-0.25, -0.2) is 31.4 Å². The Hall–Kier alpha value is -3.83. The second kappa shape index (κ2) is 11.0. The van der Waals surface area contributed by atoms with Crippen molar-refractivity contribution in [3.05, 3.63) is 84.5 Å². The van der Waals surface area contributed by atoms with E-state index >= 15 is 0 Å². The fourth-order valence-electron chi connectivity index (χ4n) is 2.53. The van der Waals surface area contributed by atoms with Crippen LogP contribution in [0.2, 0.25) is 0 Å². The van der Waals surface area contributed by atoms with E-state index in [1.807, 2.05) is 0 Å². The molecule has 0 saturated carbocycles. The summed E-state index contributed by atoms with van der Waals surface area (Å²) in [6.07, 6.45) is 2.53. The van der Waals surface area contributed by atoms with Crippen molar-refractivity contribution in [1.29, 1.82) is 0 Å². The van der Waals surface area contributed by atoms with Gasteiger partial charge in [-0.3, -0.25) is 0 Å². The Morgan fingerprint density at radius 1 is 1.03 bits per heavy atom. The summed E-state index contributed by atoms with van der Waals surface area (Å²) in [5.41, 5.74) is 0.648. The van der Waals surface area contributed by atoms with Gasteiger partial charge in [-0.05, 0) is 31.3 Å². The number of carboxylic acid groups (broad SMARTS) is 2. The van der Waals surface area contributed by atoms with Crippen LogP contribution in [-0.2, 0) is 26.2 Å². The van der Waals surface area contributed by atoms with Crippen LogP contribution in [0.25, 0.3) is 11.4 Å². The molecule has 0 spiro atoms. The molecule has 0 amide bonds. The van der Waals surface area contributed by atoms with Crippen LogP contribution in [0.15, 0.2) is 77.8 Å². The van der Waals surface area contributed by atoms with E-state index in [1.165, 1.54) is 30.5 Å². The minimum atomic E-state index is -3.87. The van der Waals surface area contributed by atoms with Gasteiger partial charge in [0, 0.05) is 24.9 Å². The Morgan fingerprint density at radius 2 is 1.59 bits per heavy atom. The highest BCUT2D eigenvalue weighted by Gasteiger charge is 2.24. The smallest absolute Gasteiger partial charge is 0.328 e. The summed E-state index contributed by atoms with van der Waals surface area (Å²) in [7, 11) is -2.14. The molecule has 9 nitrogen and oxygen atoms in total. The summed E-state index contributed by atoms with van der Waals surface area (Å²) < 4.78 is 41.1. The van der Waals surface area contributed by atoms with Crippen LogP contribution in [-0.4, -0.2) is 46.6 Å². The molecule has 32 heavy (non-hydrogen) atoms. The summed E-state index contributed by atoms with van der Waals surface area (Å²) in [5, 5.41) is 18.5. The largest absolute Gasteiger partial charge is 0.478 e. The number of hydrogen-bond donors (Lipinski definition) is 3. The Bertz CT molecular complexity index is 1210. The molecule has 0 unspecified atom stereocenters. The quantitative estimate of drug-likeness (QED) is 0.456. The van der Waals surface area contributed by atoms with Crippen molar-refractivity contribution in [2.24, 2.45) is 0 Å². The molecule has 1 heterocycles. The van der Waals surface area contributed by atoms with Gasteiger partial charge in [0.2, 0.25) is 0 Å². The topological polar surface area (TPSA) is 139 Å². The van der Waals surface area contributed by atoms with Crippen molar-refractivity contribution < 1.29 is 32.6 Å². The predicted molar refractivity (Wildman–Crippen MR) is 114 cm³/mol. The minimum Gasteiger partial charge on any atom is -0.478 e. The summed E-state index contributed by atoms with van der Waals surface area (Å²) in [6.45, 7) is 0.374. The van der Waals surface area contributed by atoms with E-state index in [1.54, 1.807) is 37.4 Å². The molecule has 11 heteroatoms. The molecule has 3 rings (SSSR count). The van der Waals surface area contributed by atoms with Gasteiger partial charge in [0.05, 0.1) is 16.2 Å². The van der Waals surface area contributed by atoms with E-state index in [0.717, 1.165) is 3.97 Å². The van der Waals surface area contributed by atoms with Gasteiger partial charge in [0.1, 0.15) is 5.82 Å². The first kappa shape index (κ1) is 24.4. The van der Waals surface area contributed by atoms with E-state index < -0.39 is 27.8 Å². The lowest BCUT2D eigenvalue weighted by Crippen LogP contribution is -2.14. The second-order valence-corrected chi connectivity index (χ2v) is 8.00. The molecule has 0 aliphatic rings. The van der Waals surface area contributed by atoms with Gasteiger partial charge < -0.3 is 15.5 Å². The molecule has 0 aliphatic carbocycles. The van der Waals surface area contributed by atoms with Crippen LogP contribution >= 0.6 is 0 Å². The molecule has 0 atom stereocenters. The highest BCUT2D eigenvalue weighted by atomic mass is 32.2. The number of nitrogens with one attached hydrogen (secondary N) is 1. The second-order valence-electron chi connectivity index (χ2n) is 6.19. The van der Waals surface area contributed by atoms with Crippen molar-refractivity contribution in [2.75, 3.05) is 7.05 Å². The lowest BCUT2D eigenvalue weighted by atomic mass is 10.2. The number of rotatable bonds is 7. The van der Waals surface area contributed by atoms with Crippen molar-refractivity contribution in [1.82, 2.24) is 14.3 Å². The van der Waals surface area contributed by atoms with Crippen LogP contribution < -0.4 is 5.32 Å². The first-order valence-corrected chi connectivity index (χ1v) is 10.5. The number of aromatic nitrogens is 2. The van der Waals surface area contributed by atoms with Crippen LogP contribution in [0.3, 0.4) is 0 Å². The lowest BCUT2D eigenvalue weighted by Gasteiger charge is -2.09. The van der Waals surface area contributed by atoms with E-state index in [4.69, 9.17) is 10.2 Å². The molecule has 0 fully saturated rings. The zero-order chi connectivity index (χ0) is 23.7. The molecule has 3 aromatic rings. The van der Waals surface area contributed by atoms with Crippen molar-refractivity contribution in [3.63, 3.8) is 0 Å². The molecule has 0 saturated heterocycles. The molecule has 0 aliphatic heterocycles. The fourth-order valence-corrected chi connectivity index (χ4v) is 3.89. The molecule has 168 valence electrons. The van der Waals surface area contributed by atoms with Crippen LogP contribution in [0.1, 0.15) is 5.69 Å². The van der Waals surface area contributed by atoms with Gasteiger partial charge in [0.15, 0.2) is 5.82 Å². The average Bonchev–Trinajstić information content (AvgIpc) is 3.18. The highest BCUT2D eigenvalue weighted by Crippen LogP contribution is 2.26. The third-order valence-corrected chi connectivity index (χ3v) is 5.53. The number of carboxylic acids is 2. The number of carbonyl (C=O) groups is 2. The van der Waals surface area contributed by atoms with Gasteiger partial charge in [-0.15, -0.1) is 0 Å². The van der Waals surface area contributed by atoms with Crippen molar-refractivity contribution >= 4 is 22.0 Å². The highest BCUT2D eigenvalue weighted by molar-refractivity contribution is 7.90. The number of benzene rings is 2. The van der Waals surface area contributed by atoms with E-state index in [9.17, 15) is 22.4 Å². The first-order valence-electron chi connectivity index (χ1n) is 9.09. The van der Waals surface area contributed by atoms with Crippen LogP contribution in [0.5, 0.6) is 0 Å². The Labute approximate surface area is 183 Å². The molecule has 2 aromatic carbocycles. The molecule has 1 aromatic heterocycles. The fraction of sp³-hybridized carbons (Fsp3) is 0.0952. The maximum Gasteiger partial charge on any atom is 0.328 e. The summed E-state index contributed by atoms with van der Waals surface area (Å²) in [6, 6.07) is 14.0. The van der Waals surface area contributed by atoms with Crippen molar-refractivity contribution in [3.8, 4) is 11.4 Å². The van der Waals surface area contributed by atoms with Crippen molar-refractivity contribution in [2.45, 2.75) is 11.4 Å². The third kappa shape index (κ3) is 6.33. The van der Waals surface area contributed by atoms with Gasteiger partial charge in [0.25, 0.3) is 10.0 Å². The Balaban J connectivity index is 0.000000390. The van der Waals surface area contributed by atoms with E-state index in [0.29, 0.717) is 24.4 Å². The molecular weight excluding hydrogens is 441 g/mol. The number of aliphatic carboxylic acids is 2. The van der Waals surface area contributed by atoms with Gasteiger partial charge in [-0.2, -0.15) is 0 Å². The number of nitrogens with zero attached hydrogens (tertiary/aromatic N) is 2. The average molecular weight is 461 g/mol. The third-order valence-electron chi connectivity index (χ3n) is 3.87. The van der Waals surface area contributed by atoms with Crippen LogP contribution in [0, 0.1) is 5.82 Å². The normalized spacial score (nSPS) is 11.1. The molecular formula is C21H20FN3O6S. The first-order chi connectivity index (χ1) is 15.2. The predicted octanol–water partition coefficient (Wildman–Crippen LogP) is 2.36. The van der Waals surface area contributed by atoms with Gasteiger partial charge >= 0.3 is 11.9 Å². The Morgan fingerprint density at radius 3 is 2.12 bits per heavy atom. The summed E-state index contributed by atoms with van der Waals surface area (Å²) in [5.74, 6) is -2.98. The molecule has 0 bridgehead atoms. The number of halogens is 1. The summed E-state index contributed by atoms with van der Waals surface area (Å²) >= 11 is 0. The van der Waals surface area contributed by atoms with E-state index in [-0.39, 0.29) is 16.3 Å². The standard InChI is InChI=1S/C17H16FN3O2S.C4H4O4/c1-19-11-13-12-21(24(22,23)14-7-3-2-4-8-14)17(20-13)15-9-5-6-10-16(15)18;5-3(6)1-2-4(7)8/h2-10,12,19H,11H2,1H3;1-2H,(H,5,6)(H,7,8). The van der Waals surface area contributed by atoms with Crippen LogP contribution in [0.4, 0.5) is 4.39 Å². The monoisotopic (exact) mass is 461 g/mol. The zero-order valence-electron chi connectivity index (χ0n) is 16.8. The Kier molecular flexibility index (Phi) is 8.38. The minimum absolute atomic E-state index is 0.0576. The maximum atomic E-state index is 14.2. The molecule has 3 N–H and O–H groups in total. The molecule has 0 radical (unpaired) electrons. The maximum absolute atomic E-state index is 14.2. The number of imidazole rings is 1. The van der Waals surface area contributed by atoms with E-state index in [2.05, 4.69) is 10.3 Å². The SMILES string of the molecule is CNCc1cn(S(=O)(=O)c2ccccc2)c(-c2ccccc2F)n1.O=C(O)C=CC(=O)O.